The van der Waals surface area contributed by atoms with Crippen LogP contribution in [-0.4, -0.2) is 23.5 Å². The number of nitrogen functional groups attached to an aromatic ring is 1. The molecule has 2 aromatic rings. The highest BCUT2D eigenvalue weighted by Gasteiger charge is 2.27. The first-order valence-corrected chi connectivity index (χ1v) is 6.79. The molecule has 1 aliphatic heterocycles. The zero-order valence-electron chi connectivity index (χ0n) is 11.7. The van der Waals surface area contributed by atoms with Crippen molar-refractivity contribution in [1.29, 1.82) is 5.26 Å². The van der Waals surface area contributed by atoms with Gasteiger partial charge in [0, 0.05) is 12.7 Å². The number of hydrogen-bond donors (Lipinski definition) is 1. The van der Waals surface area contributed by atoms with Gasteiger partial charge in [0.15, 0.2) is 0 Å². The topological polar surface area (TPSA) is 86.1 Å². The molecule has 1 unspecified atom stereocenters. The highest BCUT2D eigenvalue weighted by Crippen LogP contribution is 2.33. The quantitative estimate of drug-likeness (QED) is 0.933. The van der Waals surface area contributed by atoms with Crippen molar-refractivity contribution in [2.75, 3.05) is 19.5 Å². The highest BCUT2D eigenvalue weighted by atomic mass is 16.5. The maximum absolute atomic E-state index is 9.36. The lowest BCUT2D eigenvalue weighted by Gasteiger charge is -2.06. The molecule has 6 nitrogen and oxygen atoms in total. The van der Waals surface area contributed by atoms with Crippen LogP contribution >= 0.6 is 0 Å². The first kappa shape index (κ1) is 13.5. The van der Waals surface area contributed by atoms with Crippen LogP contribution in [0.4, 0.5) is 5.82 Å². The van der Waals surface area contributed by atoms with Crippen molar-refractivity contribution in [1.82, 2.24) is 9.78 Å². The van der Waals surface area contributed by atoms with Crippen molar-refractivity contribution in [3.63, 3.8) is 0 Å². The maximum Gasteiger partial charge on any atom is 0.145 e. The zero-order valence-corrected chi connectivity index (χ0v) is 11.7. The molecule has 0 bridgehead atoms. The van der Waals surface area contributed by atoms with Gasteiger partial charge in [-0.3, -0.25) is 0 Å². The molecule has 0 aliphatic carbocycles. The summed E-state index contributed by atoms with van der Waals surface area (Å²) in [6.07, 6.45) is 1.69. The van der Waals surface area contributed by atoms with Crippen LogP contribution in [0.15, 0.2) is 24.3 Å². The number of hydrogen-bond acceptors (Lipinski definition) is 5. The predicted octanol–water partition coefficient (Wildman–Crippen LogP) is 2.19. The average molecular weight is 284 g/mol. The van der Waals surface area contributed by atoms with E-state index in [1.165, 1.54) is 0 Å². The minimum absolute atomic E-state index is 0.145. The van der Waals surface area contributed by atoms with Crippen LogP contribution in [0.5, 0.6) is 5.75 Å². The Hall–Kier alpha value is -2.52. The number of nitrogens with two attached hydrogens (primary N) is 1. The molecular formula is C15H16N4O2. The summed E-state index contributed by atoms with van der Waals surface area (Å²) in [4.78, 5) is 0. The van der Waals surface area contributed by atoms with Crippen LogP contribution in [0.2, 0.25) is 0 Å². The minimum Gasteiger partial charge on any atom is -0.497 e. The zero-order chi connectivity index (χ0) is 14.8. The van der Waals surface area contributed by atoms with Crippen molar-refractivity contribution in [3.8, 4) is 17.5 Å². The molecule has 0 saturated carbocycles. The first-order valence-electron chi connectivity index (χ1n) is 6.79. The molecule has 1 aliphatic rings. The number of nitrogens with zero attached hydrogens (tertiary/aromatic N) is 3. The van der Waals surface area contributed by atoms with E-state index in [1.54, 1.807) is 11.8 Å². The molecule has 3 rings (SSSR count). The SMILES string of the molecule is COc1cccc(-n2nc(C3CCCO3)c(C#N)c2N)c1. The summed E-state index contributed by atoms with van der Waals surface area (Å²) in [5, 5.41) is 13.9. The van der Waals surface area contributed by atoms with E-state index >= 15 is 0 Å². The Kier molecular flexibility index (Phi) is 3.50. The van der Waals surface area contributed by atoms with Gasteiger partial charge in [-0.15, -0.1) is 0 Å². The van der Waals surface area contributed by atoms with Gasteiger partial charge >= 0.3 is 0 Å². The number of aromatic nitrogens is 2. The summed E-state index contributed by atoms with van der Waals surface area (Å²) in [7, 11) is 1.60. The van der Waals surface area contributed by atoms with Crippen LogP contribution in [0.1, 0.15) is 30.2 Å². The van der Waals surface area contributed by atoms with Crippen molar-refractivity contribution < 1.29 is 9.47 Å². The number of nitriles is 1. The standard InChI is InChI=1S/C15H16N4O2/c1-20-11-5-2-4-10(8-11)19-15(17)12(9-16)14(18-19)13-6-3-7-21-13/h2,4-5,8,13H,3,6-7,17H2,1H3. The maximum atomic E-state index is 9.36. The molecule has 0 spiro atoms. The van der Waals surface area contributed by atoms with Crippen molar-refractivity contribution in [2.24, 2.45) is 0 Å². The van der Waals surface area contributed by atoms with Crippen LogP contribution in [0.3, 0.4) is 0 Å². The van der Waals surface area contributed by atoms with Gasteiger partial charge in [0.2, 0.25) is 0 Å². The fourth-order valence-corrected chi connectivity index (χ4v) is 2.52. The van der Waals surface area contributed by atoms with E-state index < -0.39 is 0 Å². The van der Waals surface area contributed by atoms with Gasteiger partial charge in [0.05, 0.1) is 12.8 Å². The molecular weight excluding hydrogens is 268 g/mol. The van der Waals surface area contributed by atoms with Gasteiger partial charge in [-0.05, 0) is 25.0 Å². The van der Waals surface area contributed by atoms with Crippen LogP contribution in [0, 0.1) is 11.3 Å². The van der Waals surface area contributed by atoms with Gasteiger partial charge in [0.25, 0.3) is 0 Å². The lowest BCUT2D eigenvalue weighted by Crippen LogP contribution is -2.03. The Morgan fingerprint density at radius 2 is 2.38 bits per heavy atom. The van der Waals surface area contributed by atoms with E-state index in [9.17, 15) is 5.26 Å². The molecule has 2 heterocycles. The molecule has 1 aromatic carbocycles. The van der Waals surface area contributed by atoms with Crippen LogP contribution < -0.4 is 10.5 Å². The van der Waals surface area contributed by atoms with Gasteiger partial charge in [-0.25, -0.2) is 4.68 Å². The molecule has 1 saturated heterocycles. The van der Waals surface area contributed by atoms with E-state index in [-0.39, 0.29) is 6.10 Å². The third-order valence-corrected chi connectivity index (χ3v) is 3.59. The van der Waals surface area contributed by atoms with E-state index in [2.05, 4.69) is 11.2 Å². The summed E-state index contributed by atoms with van der Waals surface area (Å²) < 4.78 is 12.4. The molecule has 0 amide bonds. The second-order valence-electron chi connectivity index (χ2n) is 4.87. The van der Waals surface area contributed by atoms with Gasteiger partial charge < -0.3 is 15.2 Å². The third kappa shape index (κ3) is 2.32. The fraction of sp³-hybridized carbons (Fsp3) is 0.333. The van der Waals surface area contributed by atoms with E-state index in [1.807, 2.05) is 24.3 Å². The monoisotopic (exact) mass is 284 g/mol. The Morgan fingerprint density at radius 3 is 3.05 bits per heavy atom. The van der Waals surface area contributed by atoms with Gasteiger partial charge in [-0.1, -0.05) is 6.07 Å². The third-order valence-electron chi connectivity index (χ3n) is 3.59. The smallest absolute Gasteiger partial charge is 0.145 e. The lowest BCUT2D eigenvalue weighted by atomic mass is 10.1. The normalized spacial score (nSPS) is 17.6. The highest BCUT2D eigenvalue weighted by molar-refractivity contribution is 5.57. The van der Waals surface area contributed by atoms with Crippen LogP contribution in [-0.2, 0) is 4.74 Å². The molecule has 2 N–H and O–H groups in total. The molecule has 1 fully saturated rings. The Morgan fingerprint density at radius 1 is 1.52 bits per heavy atom. The second kappa shape index (κ2) is 5.46. The summed E-state index contributed by atoms with van der Waals surface area (Å²) >= 11 is 0. The van der Waals surface area contributed by atoms with Crippen LogP contribution in [0.25, 0.3) is 5.69 Å². The number of rotatable bonds is 3. The van der Waals surface area contributed by atoms with E-state index in [0.717, 1.165) is 18.5 Å². The van der Waals surface area contributed by atoms with Crippen molar-refractivity contribution in [2.45, 2.75) is 18.9 Å². The fourth-order valence-electron chi connectivity index (χ4n) is 2.52. The number of anilines is 1. The summed E-state index contributed by atoms with van der Waals surface area (Å²) in [6, 6.07) is 9.53. The summed E-state index contributed by atoms with van der Waals surface area (Å²) in [6.45, 7) is 0.696. The van der Waals surface area contributed by atoms with E-state index in [0.29, 0.717) is 29.4 Å². The minimum atomic E-state index is -0.145. The second-order valence-corrected chi connectivity index (χ2v) is 4.87. The summed E-state index contributed by atoms with van der Waals surface area (Å²) in [5.41, 5.74) is 7.86. The molecule has 21 heavy (non-hydrogen) atoms. The Labute approximate surface area is 122 Å². The molecule has 1 aromatic heterocycles. The number of benzene rings is 1. The molecule has 0 radical (unpaired) electrons. The van der Waals surface area contributed by atoms with Crippen molar-refractivity contribution >= 4 is 5.82 Å². The van der Waals surface area contributed by atoms with E-state index in [4.69, 9.17) is 15.2 Å². The number of methoxy groups -OCH3 is 1. The molecule has 108 valence electrons. The molecule has 6 heteroatoms. The predicted molar refractivity (Wildman–Crippen MR) is 77.2 cm³/mol. The average Bonchev–Trinajstić information content (AvgIpc) is 3.14. The Balaban J connectivity index is 2.08. The van der Waals surface area contributed by atoms with Gasteiger partial charge in [0.1, 0.15) is 35.0 Å². The summed E-state index contributed by atoms with van der Waals surface area (Å²) in [5.74, 6) is 1.04. The van der Waals surface area contributed by atoms with Gasteiger partial charge in [-0.2, -0.15) is 10.4 Å². The number of ether oxygens (including phenoxy) is 2. The lowest BCUT2D eigenvalue weighted by molar-refractivity contribution is 0.108. The largest absolute Gasteiger partial charge is 0.497 e. The first-order chi connectivity index (χ1) is 10.2. The Bertz CT molecular complexity index is 696. The van der Waals surface area contributed by atoms with Crippen molar-refractivity contribution in [3.05, 3.63) is 35.5 Å². The molecule has 1 atom stereocenters.